The smallest absolute Gasteiger partial charge is 0.330 e. The fourth-order valence-corrected chi connectivity index (χ4v) is 2.75. The molecule has 22 heavy (non-hydrogen) atoms. The molecule has 0 fully saturated rings. The van der Waals surface area contributed by atoms with Gasteiger partial charge in [0.05, 0.1) is 6.04 Å². The molecule has 0 aliphatic carbocycles. The second-order valence-electron chi connectivity index (χ2n) is 4.53. The fraction of sp³-hybridized carbons (Fsp3) is 0.176. The number of hydrogen-bond donors (Lipinski definition) is 1. The van der Waals surface area contributed by atoms with Gasteiger partial charge in [0.15, 0.2) is 6.61 Å². The number of benzene rings is 1. The van der Waals surface area contributed by atoms with Gasteiger partial charge in [-0.3, -0.25) is 4.79 Å². The van der Waals surface area contributed by atoms with Crippen LogP contribution in [0.5, 0.6) is 0 Å². The molecule has 2 rings (SSSR count). The number of esters is 1. The summed E-state index contributed by atoms with van der Waals surface area (Å²) in [6, 6.07) is 13.3. The van der Waals surface area contributed by atoms with Crippen LogP contribution in [-0.4, -0.2) is 18.5 Å². The largest absolute Gasteiger partial charge is 0.452 e. The predicted molar refractivity (Wildman–Crippen MR) is 86.5 cm³/mol. The van der Waals surface area contributed by atoms with Gasteiger partial charge in [-0.05, 0) is 23.9 Å². The summed E-state index contributed by atoms with van der Waals surface area (Å²) in [7, 11) is 0. The van der Waals surface area contributed by atoms with Gasteiger partial charge in [0, 0.05) is 11.0 Å². The number of allylic oxidation sites excluding steroid dienone is 1. The molecule has 0 bridgehead atoms. The summed E-state index contributed by atoms with van der Waals surface area (Å²) >= 11 is 1.57. The molecule has 1 aromatic heterocycles. The van der Waals surface area contributed by atoms with Crippen LogP contribution in [0.3, 0.4) is 0 Å². The summed E-state index contributed by atoms with van der Waals surface area (Å²) in [5, 5.41) is 4.87. The molecule has 1 N–H and O–H groups in total. The summed E-state index contributed by atoms with van der Waals surface area (Å²) in [6.45, 7) is 1.42. The van der Waals surface area contributed by atoms with Crippen molar-refractivity contribution in [2.24, 2.45) is 0 Å². The summed E-state index contributed by atoms with van der Waals surface area (Å²) in [6.07, 6.45) is 2.85. The minimum Gasteiger partial charge on any atom is -0.452 e. The van der Waals surface area contributed by atoms with E-state index in [4.69, 9.17) is 4.74 Å². The van der Waals surface area contributed by atoms with Gasteiger partial charge in [0.2, 0.25) is 0 Å². The normalized spacial score (nSPS) is 12.0. The molecule has 1 atom stereocenters. The lowest BCUT2D eigenvalue weighted by Gasteiger charge is -2.18. The molecule has 0 unspecified atom stereocenters. The van der Waals surface area contributed by atoms with E-state index in [1.807, 2.05) is 47.8 Å². The number of thiophene rings is 1. The molecule has 1 aromatic carbocycles. The van der Waals surface area contributed by atoms with E-state index in [0.29, 0.717) is 0 Å². The van der Waals surface area contributed by atoms with Crippen molar-refractivity contribution in [1.29, 1.82) is 0 Å². The average molecular weight is 315 g/mol. The summed E-state index contributed by atoms with van der Waals surface area (Å²) < 4.78 is 4.86. The van der Waals surface area contributed by atoms with E-state index < -0.39 is 5.97 Å². The first-order valence-electron chi connectivity index (χ1n) is 6.88. The first-order chi connectivity index (χ1) is 10.7. The highest BCUT2D eigenvalue weighted by molar-refractivity contribution is 7.10. The molecule has 0 saturated carbocycles. The first-order valence-corrected chi connectivity index (χ1v) is 7.76. The highest BCUT2D eigenvalue weighted by atomic mass is 32.1. The topological polar surface area (TPSA) is 55.4 Å². The van der Waals surface area contributed by atoms with Crippen LogP contribution >= 0.6 is 11.3 Å². The van der Waals surface area contributed by atoms with Crippen molar-refractivity contribution >= 4 is 23.2 Å². The SMILES string of the molecule is C/C=C/C(=O)OCC(=O)N[C@H](c1ccccc1)c1cccs1. The van der Waals surface area contributed by atoms with Crippen molar-refractivity contribution in [3.63, 3.8) is 0 Å². The van der Waals surface area contributed by atoms with Crippen LogP contribution in [0, 0.1) is 0 Å². The Morgan fingerprint density at radius 3 is 2.64 bits per heavy atom. The Morgan fingerprint density at radius 2 is 2.00 bits per heavy atom. The van der Waals surface area contributed by atoms with E-state index in [-0.39, 0.29) is 18.6 Å². The van der Waals surface area contributed by atoms with Crippen LogP contribution < -0.4 is 5.32 Å². The zero-order chi connectivity index (χ0) is 15.8. The number of nitrogens with one attached hydrogen (secondary N) is 1. The van der Waals surface area contributed by atoms with Crippen molar-refractivity contribution in [2.75, 3.05) is 6.61 Å². The average Bonchev–Trinajstić information content (AvgIpc) is 3.06. The lowest BCUT2D eigenvalue weighted by molar-refractivity contribution is -0.144. The molecule has 4 nitrogen and oxygen atoms in total. The lowest BCUT2D eigenvalue weighted by Crippen LogP contribution is -2.32. The molecule has 0 saturated heterocycles. The molecule has 5 heteroatoms. The van der Waals surface area contributed by atoms with Crippen LogP contribution in [0.25, 0.3) is 0 Å². The summed E-state index contributed by atoms with van der Waals surface area (Å²) in [5.41, 5.74) is 0.984. The molecule has 114 valence electrons. The van der Waals surface area contributed by atoms with Gasteiger partial charge in [0.25, 0.3) is 5.91 Å². The standard InChI is InChI=1S/C17H17NO3S/c1-2-7-16(20)21-12-15(19)18-17(14-10-6-11-22-14)13-8-4-3-5-9-13/h2-11,17H,12H2,1H3,(H,18,19)/b7-2+/t17-/m1/s1. The quantitative estimate of drug-likeness (QED) is 0.658. The van der Waals surface area contributed by atoms with Gasteiger partial charge in [-0.25, -0.2) is 4.79 Å². The van der Waals surface area contributed by atoms with Crippen LogP contribution in [0.15, 0.2) is 60.0 Å². The van der Waals surface area contributed by atoms with Crippen LogP contribution in [0.2, 0.25) is 0 Å². The maximum absolute atomic E-state index is 12.0. The molecular formula is C17H17NO3S. The highest BCUT2D eigenvalue weighted by Crippen LogP contribution is 2.25. The van der Waals surface area contributed by atoms with Gasteiger partial charge < -0.3 is 10.1 Å². The van der Waals surface area contributed by atoms with Crippen LogP contribution in [0.1, 0.15) is 23.4 Å². The Balaban J connectivity index is 2.05. The molecule has 0 spiro atoms. The second kappa shape index (κ2) is 8.14. The number of ether oxygens (including phenoxy) is 1. The molecule has 0 aliphatic rings. The van der Waals surface area contributed by atoms with E-state index in [2.05, 4.69) is 5.32 Å². The van der Waals surface area contributed by atoms with Gasteiger partial charge >= 0.3 is 5.97 Å². The van der Waals surface area contributed by atoms with Crippen molar-refractivity contribution < 1.29 is 14.3 Å². The lowest BCUT2D eigenvalue weighted by atomic mass is 10.1. The minimum absolute atomic E-state index is 0.242. The Hall–Kier alpha value is -2.40. The van der Waals surface area contributed by atoms with Crippen LogP contribution in [0.4, 0.5) is 0 Å². The maximum Gasteiger partial charge on any atom is 0.330 e. The highest BCUT2D eigenvalue weighted by Gasteiger charge is 2.18. The number of amides is 1. The molecule has 0 aliphatic heterocycles. The van der Waals surface area contributed by atoms with Crippen molar-refractivity contribution in [3.05, 3.63) is 70.4 Å². The van der Waals surface area contributed by atoms with Crippen molar-refractivity contribution in [2.45, 2.75) is 13.0 Å². The third-order valence-corrected chi connectivity index (χ3v) is 3.85. The predicted octanol–water partition coefficient (Wildman–Crippen LogP) is 3.07. The van der Waals surface area contributed by atoms with E-state index in [0.717, 1.165) is 10.4 Å². The Bertz CT molecular complexity index is 635. The van der Waals surface area contributed by atoms with Crippen molar-refractivity contribution in [3.8, 4) is 0 Å². The third-order valence-electron chi connectivity index (χ3n) is 2.91. The van der Waals surface area contributed by atoms with E-state index in [1.54, 1.807) is 24.3 Å². The summed E-state index contributed by atoms with van der Waals surface area (Å²) in [5.74, 6) is -0.856. The fourth-order valence-electron chi connectivity index (χ4n) is 1.94. The number of carbonyl (C=O) groups excluding carboxylic acids is 2. The maximum atomic E-state index is 12.0. The number of carbonyl (C=O) groups is 2. The van der Waals surface area contributed by atoms with E-state index in [9.17, 15) is 9.59 Å². The minimum atomic E-state index is -0.523. The van der Waals surface area contributed by atoms with Gasteiger partial charge in [-0.1, -0.05) is 42.5 Å². The monoisotopic (exact) mass is 315 g/mol. The van der Waals surface area contributed by atoms with E-state index in [1.165, 1.54) is 6.08 Å². The number of hydrogen-bond acceptors (Lipinski definition) is 4. The van der Waals surface area contributed by atoms with Gasteiger partial charge in [-0.2, -0.15) is 0 Å². The second-order valence-corrected chi connectivity index (χ2v) is 5.51. The zero-order valence-corrected chi connectivity index (χ0v) is 13.0. The molecule has 0 radical (unpaired) electrons. The van der Waals surface area contributed by atoms with Crippen LogP contribution in [-0.2, 0) is 14.3 Å². The molecule has 1 heterocycles. The van der Waals surface area contributed by atoms with E-state index >= 15 is 0 Å². The molecule has 1 amide bonds. The zero-order valence-electron chi connectivity index (χ0n) is 12.2. The van der Waals surface area contributed by atoms with Gasteiger partial charge in [-0.15, -0.1) is 11.3 Å². The molecular weight excluding hydrogens is 298 g/mol. The first kappa shape index (κ1) is 16.0. The van der Waals surface area contributed by atoms with Gasteiger partial charge in [0.1, 0.15) is 0 Å². The number of rotatable bonds is 6. The van der Waals surface area contributed by atoms with Crippen molar-refractivity contribution in [1.82, 2.24) is 5.32 Å². The Morgan fingerprint density at radius 1 is 1.23 bits per heavy atom. The Labute approximate surface area is 133 Å². The molecule has 2 aromatic rings. The Kier molecular flexibility index (Phi) is 5.91. The third kappa shape index (κ3) is 4.56. The summed E-state index contributed by atoms with van der Waals surface area (Å²) in [4.78, 5) is 24.3.